The molecule has 0 spiro atoms. The molecule has 2 aromatic rings. The molecule has 0 radical (unpaired) electrons. The van der Waals surface area contributed by atoms with Crippen LogP contribution in [-0.4, -0.2) is 72.2 Å². The number of nitrogens with one attached hydrogen (secondary N) is 1. The van der Waals surface area contributed by atoms with Crippen molar-refractivity contribution in [2.24, 2.45) is 5.73 Å². The van der Waals surface area contributed by atoms with Crippen molar-refractivity contribution in [1.29, 1.82) is 0 Å². The second-order valence-electron chi connectivity index (χ2n) is 8.32. The van der Waals surface area contributed by atoms with Gasteiger partial charge in [-0.3, -0.25) is 9.59 Å². The third-order valence-electron chi connectivity index (χ3n) is 6.00. The first-order valence-electron chi connectivity index (χ1n) is 11.8. The van der Waals surface area contributed by atoms with Crippen molar-refractivity contribution in [1.82, 2.24) is 15.2 Å². The number of aliphatic hydroxyl groups is 1. The minimum atomic E-state index is -0.685. The number of anilines is 1. The molecule has 1 aliphatic rings. The molecule has 0 bridgehead atoms. The van der Waals surface area contributed by atoms with Crippen molar-refractivity contribution in [2.45, 2.75) is 39.3 Å². The molecule has 1 atom stereocenters. The smallest absolute Gasteiger partial charge is 0.256 e. The van der Waals surface area contributed by atoms with Gasteiger partial charge >= 0.3 is 0 Å². The number of aliphatic hydroxyl groups excluding tert-OH is 1. The average molecular weight is 470 g/mol. The first-order valence-corrected chi connectivity index (χ1v) is 11.8. The van der Waals surface area contributed by atoms with Gasteiger partial charge < -0.3 is 30.7 Å². The molecule has 2 amide bonds. The zero-order chi connectivity index (χ0) is 24.5. The van der Waals surface area contributed by atoms with E-state index in [1.54, 1.807) is 19.1 Å². The number of aromatic nitrogens is 1. The zero-order valence-electron chi connectivity index (χ0n) is 20.0. The second kappa shape index (κ2) is 12.3. The van der Waals surface area contributed by atoms with Crippen molar-refractivity contribution in [3.63, 3.8) is 0 Å². The van der Waals surface area contributed by atoms with Gasteiger partial charge in [-0.05, 0) is 43.0 Å². The molecule has 1 fully saturated rings. The normalized spacial score (nSPS) is 14.6. The van der Waals surface area contributed by atoms with E-state index in [0.717, 1.165) is 11.1 Å². The number of pyridine rings is 1. The Kier molecular flexibility index (Phi) is 9.24. The summed E-state index contributed by atoms with van der Waals surface area (Å²) in [4.78, 5) is 32.8. The molecule has 34 heavy (non-hydrogen) atoms. The van der Waals surface area contributed by atoms with E-state index in [9.17, 15) is 14.7 Å². The van der Waals surface area contributed by atoms with E-state index in [1.165, 1.54) is 0 Å². The van der Waals surface area contributed by atoms with Crippen LogP contribution in [0.3, 0.4) is 0 Å². The minimum Gasteiger partial charge on any atom is -0.477 e. The number of aryl methyl sites for hydroxylation is 1. The Balaban J connectivity index is 1.57. The Labute approximate surface area is 200 Å². The highest BCUT2D eigenvalue weighted by Crippen LogP contribution is 2.23. The summed E-state index contributed by atoms with van der Waals surface area (Å²) >= 11 is 0. The van der Waals surface area contributed by atoms with Gasteiger partial charge in [-0.25, -0.2) is 0 Å². The molecule has 0 unspecified atom stereocenters. The van der Waals surface area contributed by atoms with Crippen LogP contribution < -0.4 is 20.7 Å². The van der Waals surface area contributed by atoms with E-state index in [4.69, 9.17) is 10.5 Å². The SMILES string of the molecule is CCOc1nc(N2CCN(C(C)=O)CC2)ccc1C(=O)NC[C@@H](O)CCc1ccccc1CN. The lowest BCUT2D eigenvalue weighted by Gasteiger charge is -2.35. The van der Waals surface area contributed by atoms with Crippen molar-refractivity contribution < 1.29 is 19.4 Å². The number of rotatable bonds is 10. The fraction of sp³-hybridized carbons (Fsp3) is 0.480. The van der Waals surface area contributed by atoms with Gasteiger partial charge in [0.05, 0.1) is 12.7 Å². The Morgan fingerprint density at radius 3 is 2.50 bits per heavy atom. The quantitative estimate of drug-likeness (QED) is 0.480. The highest BCUT2D eigenvalue weighted by atomic mass is 16.5. The van der Waals surface area contributed by atoms with Crippen LogP contribution in [-0.2, 0) is 17.8 Å². The molecule has 184 valence electrons. The summed E-state index contributed by atoms with van der Waals surface area (Å²) in [6.45, 7) is 6.98. The molecule has 2 heterocycles. The maximum Gasteiger partial charge on any atom is 0.256 e. The number of amides is 2. The number of carbonyl (C=O) groups excluding carboxylic acids is 2. The lowest BCUT2D eigenvalue weighted by molar-refractivity contribution is -0.129. The highest BCUT2D eigenvalue weighted by molar-refractivity contribution is 5.96. The number of benzene rings is 1. The average Bonchev–Trinajstić information content (AvgIpc) is 2.86. The standard InChI is InChI=1S/C25H35N5O4/c1-3-34-25-22(10-11-23(28-25)30-14-12-29(13-15-30)18(2)31)24(33)27-17-21(32)9-8-19-6-4-5-7-20(19)16-26/h4-7,10-11,21,32H,3,8-9,12-17,26H2,1-2H3,(H,27,33)/t21-/m0/s1. The summed E-state index contributed by atoms with van der Waals surface area (Å²) in [5.74, 6) is 0.699. The summed E-state index contributed by atoms with van der Waals surface area (Å²) in [5, 5.41) is 13.2. The molecule has 1 aromatic carbocycles. The van der Waals surface area contributed by atoms with Crippen LogP contribution in [0.15, 0.2) is 36.4 Å². The summed E-state index contributed by atoms with van der Waals surface area (Å²) in [6.07, 6.45) is 0.510. The topological polar surface area (TPSA) is 121 Å². The van der Waals surface area contributed by atoms with Gasteiger partial charge in [-0.15, -0.1) is 0 Å². The lowest BCUT2D eigenvalue weighted by Crippen LogP contribution is -2.48. The van der Waals surface area contributed by atoms with Crippen LogP contribution >= 0.6 is 0 Å². The van der Waals surface area contributed by atoms with E-state index in [0.29, 0.717) is 63.6 Å². The predicted molar refractivity (Wildman–Crippen MR) is 131 cm³/mol. The van der Waals surface area contributed by atoms with E-state index in [-0.39, 0.29) is 24.2 Å². The number of carbonyl (C=O) groups is 2. The third kappa shape index (κ3) is 6.68. The Bertz CT molecular complexity index is 976. The van der Waals surface area contributed by atoms with Gasteiger partial charge in [0.2, 0.25) is 11.8 Å². The number of nitrogens with two attached hydrogens (primary N) is 1. The molecular formula is C25H35N5O4. The largest absolute Gasteiger partial charge is 0.477 e. The van der Waals surface area contributed by atoms with Gasteiger partial charge in [0.25, 0.3) is 5.91 Å². The fourth-order valence-electron chi connectivity index (χ4n) is 4.01. The lowest BCUT2D eigenvalue weighted by atomic mass is 10.0. The molecule has 1 aromatic heterocycles. The van der Waals surface area contributed by atoms with Gasteiger partial charge in [0.15, 0.2) is 0 Å². The zero-order valence-corrected chi connectivity index (χ0v) is 20.0. The number of piperazine rings is 1. The van der Waals surface area contributed by atoms with Crippen molar-refractivity contribution in [2.75, 3.05) is 44.2 Å². The summed E-state index contributed by atoms with van der Waals surface area (Å²) in [5.41, 5.74) is 8.28. The highest BCUT2D eigenvalue weighted by Gasteiger charge is 2.22. The first-order chi connectivity index (χ1) is 16.4. The summed E-state index contributed by atoms with van der Waals surface area (Å²) in [6, 6.07) is 11.4. The number of hydrogen-bond acceptors (Lipinski definition) is 7. The number of nitrogens with zero attached hydrogens (tertiary/aromatic N) is 3. The van der Waals surface area contributed by atoms with Gasteiger partial charge in [0, 0.05) is 46.2 Å². The molecule has 0 aliphatic carbocycles. The molecule has 1 aliphatic heterocycles. The third-order valence-corrected chi connectivity index (χ3v) is 6.00. The maximum absolute atomic E-state index is 12.8. The van der Waals surface area contributed by atoms with Gasteiger partial charge in [0.1, 0.15) is 11.4 Å². The second-order valence-corrected chi connectivity index (χ2v) is 8.32. The van der Waals surface area contributed by atoms with Crippen LogP contribution in [0, 0.1) is 0 Å². The van der Waals surface area contributed by atoms with Crippen molar-refractivity contribution in [3.8, 4) is 5.88 Å². The van der Waals surface area contributed by atoms with E-state index >= 15 is 0 Å². The fourth-order valence-corrected chi connectivity index (χ4v) is 4.01. The summed E-state index contributed by atoms with van der Waals surface area (Å²) in [7, 11) is 0. The Morgan fingerprint density at radius 2 is 1.85 bits per heavy atom. The van der Waals surface area contributed by atoms with Crippen molar-refractivity contribution in [3.05, 3.63) is 53.1 Å². The number of ether oxygens (including phenoxy) is 1. The van der Waals surface area contributed by atoms with Crippen LogP contribution in [0.4, 0.5) is 5.82 Å². The Hall–Kier alpha value is -3.17. The van der Waals surface area contributed by atoms with Gasteiger partial charge in [-0.1, -0.05) is 24.3 Å². The van der Waals surface area contributed by atoms with E-state index < -0.39 is 6.10 Å². The van der Waals surface area contributed by atoms with Crippen LogP contribution in [0.5, 0.6) is 5.88 Å². The number of hydrogen-bond donors (Lipinski definition) is 3. The molecular weight excluding hydrogens is 434 g/mol. The minimum absolute atomic E-state index is 0.0698. The van der Waals surface area contributed by atoms with Crippen LogP contribution in [0.2, 0.25) is 0 Å². The van der Waals surface area contributed by atoms with E-state index in [1.807, 2.05) is 36.1 Å². The van der Waals surface area contributed by atoms with E-state index in [2.05, 4.69) is 15.2 Å². The van der Waals surface area contributed by atoms with Gasteiger partial charge in [-0.2, -0.15) is 4.98 Å². The molecule has 4 N–H and O–H groups in total. The molecule has 9 nitrogen and oxygen atoms in total. The molecule has 0 saturated carbocycles. The molecule has 3 rings (SSSR count). The monoisotopic (exact) mass is 469 g/mol. The summed E-state index contributed by atoms with van der Waals surface area (Å²) < 4.78 is 5.65. The first kappa shape index (κ1) is 25.5. The predicted octanol–water partition coefficient (Wildman–Crippen LogP) is 1.33. The molecule has 9 heteroatoms. The molecule has 1 saturated heterocycles. The Morgan fingerprint density at radius 1 is 1.15 bits per heavy atom. The van der Waals surface area contributed by atoms with Crippen LogP contribution in [0.25, 0.3) is 0 Å². The van der Waals surface area contributed by atoms with Crippen molar-refractivity contribution >= 4 is 17.6 Å². The van der Waals surface area contributed by atoms with Crippen LogP contribution in [0.1, 0.15) is 41.8 Å². The maximum atomic E-state index is 12.8.